The van der Waals surface area contributed by atoms with Gasteiger partial charge in [-0.05, 0) is 38.5 Å². The van der Waals surface area contributed by atoms with Crippen molar-refractivity contribution >= 4 is 17.7 Å². The van der Waals surface area contributed by atoms with Crippen molar-refractivity contribution in [2.24, 2.45) is 4.99 Å². The highest BCUT2D eigenvalue weighted by Gasteiger charge is 2.15. The molecule has 1 unspecified atom stereocenters. The molecule has 2 heterocycles. The second kappa shape index (κ2) is 9.56. The van der Waals surface area contributed by atoms with Crippen LogP contribution in [0.5, 0.6) is 5.88 Å². The zero-order valence-electron chi connectivity index (χ0n) is 13.5. The van der Waals surface area contributed by atoms with Gasteiger partial charge in [0.25, 0.3) is 0 Å². The Morgan fingerprint density at radius 3 is 3.09 bits per heavy atom. The molecule has 2 rings (SSSR count). The fraction of sp³-hybridized carbons (Fsp3) is 0.625. The lowest BCUT2D eigenvalue weighted by Crippen LogP contribution is -2.40. The number of nitrogens with zero attached hydrogens (tertiary/aromatic N) is 2. The molecule has 0 saturated carbocycles. The predicted molar refractivity (Wildman–Crippen MR) is 93.7 cm³/mol. The van der Waals surface area contributed by atoms with Gasteiger partial charge >= 0.3 is 0 Å². The third-order valence-corrected chi connectivity index (χ3v) is 4.80. The Morgan fingerprint density at radius 1 is 1.45 bits per heavy atom. The topological polar surface area (TPSA) is 58.5 Å². The Hall–Kier alpha value is -1.43. The van der Waals surface area contributed by atoms with Crippen LogP contribution in [0.4, 0.5) is 0 Å². The quantitative estimate of drug-likeness (QED) is 0.596. The van der Waals surface area contributed by atoms with Crippen LogP contribution in [0.2, 0.25) is 0 Å². The third kappa shape index (κ3) is 5.40. The van der Waals surface area contributed by atoms with Gasteiger partial charge in [0.1, 0.15) is 0 Å². The minimum atomic E-state index is 0.566. The normalized spacial score (nSPS) is 18.3. The monoisotopic (exact) mass is 322 g/mol. The number of hydrogen-bond acceptors (Lipinski definition) is 4. The number of aliphatic imine (C=N–C) groups is 1. The summed E-state index contributed by atoms with van der Waals surface area (Å²) in [5.74, 6) is 2.82. The Morgan fingerprint density at radius 2 is 2.36 bits per heavy atom. The molecular formula is C16H26N4OS. The van der Waals surface area contributed by atoms with Crippen LogP contribution in [0.15, 0.2) is 23.3 Å². The van der Waals surface area contributed by atoms with Gasteiger partial charge in [-0.3, -0.25) is 0 Å². The number of hydrogen-bond donors (Lipinski definition) is 2. The van der Waals surface area contributed by atoms with E-state index in [9.17, 15) is 0 Å². The maximum atomic E-state index is 5.55. The highest BCUT2D eigenvalue weighted by Crippen LogP contribution is 2.25. The van der Waals surface area contributed by atoms with E-state index in [0.717, 1.165) is 24.6 Å². The molecule has 22 heavy (non-hydrogen) atoms. The first-order valence-electron chi connectivity index (χ1n) is 8.04. The minimum absolute atomic E-state index is 0.566. The van der Waals surface area contributed by atoms with Gasteiger partial charge in [0, 0.05) is 30.1 Å². The number of pyridine rings is 1. The number of nitrogens with one attached hydrogen (secondary N) is 2. The zero-order valence-corrected chi connectivity index (χ0v) is 14.3. The molecule has 6 heteroatoms. The summed E-state index contributed by atoms with van der Waals surface area (Å²) in [5.41, 5.74) is 1.01. The van der Waals surface area contributed by atoms with Crippen molar-refractivity contribution in [3.8, 4) is 5.88 Å². The van der Waals surface area contributed by atoms with Gasteiger partial charge in [0.15, 0.2) is 5.96 Å². The van der Waals surface area contributed by atoms with Crippen molar-refractivity contribution in [2.75, 3.05) is 25.4 Å². The molecule has 1 aromatic heterocycles. The molecule has 0 amide bonds. The van der Waals surface area contributed by atoms with Gasteiger partial charge in [-0.25, -0.2) is 9.98 Å². The van der Waals surface area contributed by atoms with Crippen molar-refractivity contribution in [3.63, 3.8) is 0 Å². The Bertz CT molecular complexity index is 475. The van der Waals surface area contributed by atoms with Crippen LogP contribution in [0.3, 0.4) is 0 Å². The molecule has 122 valence electrons. The molecule has 1 fully saturated rings. The van der Waals surface area contributed by atoms with E-state index in [-0.39, 0.29) is 0 Å². The maximum Gasteiger partial charge on any atom is 0.218 e. The highest BCUT2D eigenvalue weighted by molar-refractivity contribution is 8.00. The molecule has 1 aromatic rings. The molecule has 2 N–H and O–H groups in total. The molecule has 1 aliphatic rings. The maximum absolute atomic E-state index is 5.55. The average Bonchev–Trinajstić information content (AvgIpc) is 3.05. The summed E-state index contributed by atoms with van der Waals surface area (Å²) in [7, 11) is 0. The van der Waals surface area contributed by atoms with Crippen LogP contribution >= 0.6 is 11.8 Å². The van der Waals surface area contributed by atoms with Crippen molar-refractivity contribution in [1.82, 2.24) is 15.6 Å². The van der Waals surface area contributed by atoms with Crippen molar-refractivity contribution in [1.29, 1.82) is 0 Å². The molecule has 0 aromatic carbocycles. The van der Waals surface area contributed by atoms with Crippen LogP contribution in [0.25, 0.3) is 0 Å². The van der Waals surface area contributed by atoms with E-state index >= 15 is 0 Å². The van der Waals surface area contributed by atoms with Gasteiger partial charge in [-0.2, -0.15) is 11.8 Å². The summed E-state index contributed by atoms with van der Waals surface area (Å²) in [6.45, 7) is 7.06. The van der Waals surface area contributed by atoms with Gasteiger partial charge < -0.3 is 15.4 Å². The summed E-state index contributed by atoms with van der Waals surface area (Å²) in [5, 5.41) is 7.45. The Kier molecular flexibility index (Phi) is 7.36. The third-order valence-electron chi connectivity index (χ3n) is 3.40. The van der Waals surface area contributed by atoms with E-state index in [1.165, 1.54) is 18.6 Å². The molecule has 5 nitrogen and oxygen atoms in total. The Balaban J connectivity index is 1.93. The molecule has 0 bridgehead atoms. The summed E-state index contributed by atoms with van der Waals surface area (Å²) in [6.07, 6.45) is 4.38. The first-order chi connectivity index (χ1) is 10.8. The summed E-state index contributed by atoms with van der Waals surface area (Å²) in [6, 6.07) is 3.93. The lowest BCUT2D eigenvalue weighted by atomic mass is 10.2. The molecule has 0 aliphatic carbocycles. The van der Waals surface area contributed by atoms with Gasteiger partial charge in [0.2, 0.25) is 5.88 Å². The second-order valence-corrected chi connectivity index (χ2v) is 6.52. The average molecular weight is 322 g/mol. The smallest absolute Gasteiger partial charge is 0.218 e. The van der Waals surface area contributed by atoms with Gasteiger partial charge in [0.05, 0.1) is 13.2 Å². The van der Waals surface area contributed by atoms with E-state index in [1.807, 2.05) is 19.1 Å². The van der Waals surface area contributed by atoms with E-state index in [1.54, 1.807) is 6.20 Å². The molecular weight excluding hydrogens is 296 g/mol. The molecule has 1 atom stereocenters. The van der Waals surface area contributed by atoms with Crippen LogP contribution in [0, 0.1) is 0 Å². The highest BCUT2D eigenvalue weighted by atomic mass is 32.2. The summed E-state index contributed by atoms with van der Waals surface area (Å²) >= 11 is 2.05. The number of rotatable bonds is 7. The van der Waals surface area contributed by atoms with Gasteiger partial charge in [-0.15, -0.1) is 0 Å². The molecule has 1 aliphatic heterocycles. The van der Waals surface area contributed by atoms with E-state index < -0.39 is 0 Å². The first-order valence-corrected chi connectivity index (χ1v) is 9.08. The number of ether oxygens (including phenoxy) is 1. The number of thioether (sulfide) groups is 1. The van der Waals surface area contributed by atoms with Crippen LogP contribution in [-0.4, -0.2) is 41.6 Å². The second-order valence-electron chi connectivity index (χ2n) is 5.11. The lowest BCUT2D eigenvalue weighted by Gasteiger charge is -2.14. The standard InChI is InChI=1S/C16H26N4OS/c1-3-17-16(20-12-14-8-6-10-22-14)19-11-13-7-5-9-18-15(13)21-4-2/h5,7,9,14H,3-4,6,8,10-12H2,1-2H3,(H2,17,19,20). The van der Waals surface area contributed by atoms with Crippen molar-refractivity contribution in [2.45, 2.75) is 38.5 Å². The Labute approximate surface area is 137 Å². The molecule has 0 radical (unpaired) electrons. The summed E-state index contributed by atoms with van der Waals surface area (Å²) in [4.78, 5) is 8.92. The lowest BCUT2D eigenvalue weighted by molar-refractivity contribution is 0.323. The largest absolute Gasteiger partial charge is 0.478 e. The first kappa shape index (κ1) is 16.9. The van der Waals surface area contributed by atoms with Crippen molar-refractivity contribution < 1.29 is 4.74 Å². The van der Waals surface area contributed by atoms with E-state index in [0.29, 0.717) is 24.3 Å². The van der Waals surface area contributed by atoms with Crippen LogP contribution in [-0.2, 0) is 6.54 Å². The van der Waals surface area contributed by atoms with Gasteiger partial charge in [-0.1, -0.05) is 6.07 Å². The number of guanidine groups is 1. The number of aromatic nitrogens is 1. The summed E-state index contributed by atoms with van der Waals surface area (Å²) < 4.78 is 5.55. The SMILES string of the molecule is CCNC(=NCc1cccnc1OCC)NCC1CCCS1. The van der Waals surface area contributed by atoms with Crippen LogP contribution in [0.1, 0.15) is 32.3 Å². The van der Waals surface area contributed by atoms with Crippen LogP contribution < -0.4 is 15.4 Å². The zero-order chi connectivity index (χ0) is 15.6. The van der Waals surface area contributed by atoms with Crippen molar-refractivity contribution in [3.05, 3.63) is 23.9 Å². The molecule has 1 saturated heterocycles. The fourth-order valence-corrected chi connectivity index (χ4v) is 3.53. The molecule has 0 spiro atoms. The van der Waals surface area contributed by atoms with E-state index in [2.05, 4.69) is 39.3 Å². The predicted octanol–water partition coefficient (Wildman–Crippen LogP) is 2.43. The fourth-order valence-electron chi connectivity index (χ4n) is 2.33. The van der Waals surface area contributed by atoms with E-state index in [4.69, 9.17) is 4.74 Å². The minimum Gasteiger partial charge on any atom is -0.478 e.